The van der Waals surface area contributed by atoms with Crippen molar-refractivity contribution in [3.63, 3.8) is 0 Å². The van der Waals surface area contributed by atoms with Gasteiger partial charge in [-0.1, -0.05) is 24.3 Å². The van der Waals surface area contributed by atoms with Gasteiger partial charge in [0.05, 0.1) is 0 Å². The van der Waals surface area contributed by atoms with Gasteiger partial charge < -0.3 is 9.32 Å². The Labute approximate surface area is 127 Å². The fourth-order valence-corrected chi connectivity index (χ4v) is 2.69. The SMILES string of the molecule is CN(C)c1ccc2nc3c4ccccc4c(=O)cc-3oc2c1. The first-order valence-corrected chi connectivity index (χ1v) is 7.07. The summed E-state index contributed by atoms with van der Waals surface area (Å²) in [5, 5.41) is 1.49. The van der Waals surface area contributed by atoms with Crippen LogP contribution in [0.25, 0.3) is 33.3 Å². The van der Waals surface area contributed by atoms with Crippen molar-refractivity contribution in [2.75, 3.05) is 19.0 Å². The molecule has 1 aliphatic heterocycles. The van der Waals surface area contributed by atoms with Crippen LogP contribution in [0.15, 0.2) is 57.7 Å². The van der Waals surface area contributed by atoms with Crippen molar-refractivity contribution in [3.8, 4) is 11.5 Å². The third kappa shape index (κ3) is 1.84. The van der Waals surface area contributed by atoms with Gasteiger partial charge in [0.1, 0.15) is 11.2 Å². The van der Waals surface area contributed by atoms with Crippen LogP contribution in [-0.2, 0) is 0 Å². The van der Waals surface area contributed by atoms with Crippen LogP contribution in [0, 0.1) is 0 Å². The lowest BCUT2D eigenvalue weighted by molar-refractivity contribution is 0.614. The van der Waals surface area contributed by atoms with Crippen LogP contribution in [0.1, 0.15) is 0 Å². The van der Waals surface area contributed by atoms with Gasteiger partial charge in [0.25, 0.3) is 0 Å². The number of benzene rings is 3. The van der Waals surface area contributed by atoms with Gasteiger partial charge in [0, 0.05) is 42.7 Å². The van der Waals surface area contributed by atoms with Gasteiger partial charge in [0.15, 0.2) is 16.8 Å². The minimum absolute atomic E-state index is 0.0447. The van der Waals surface area contributed by atoms with Crippen LogP contribution in [0.3, 0.4) is 0 Å². The Morgan fingerprint density at radius 2 is 1.77 bits per heavy atom. The molecule has 0 bridgehead atoms. The first-order chi connectivity index (χ1) is 10.6. The monoisotopic (exact) mass is 290 g/mol. The summed E-state index contributed by atoms with van der Waals surface area (Å²) in [5.74, 6) is 0.520. The molecule has 0 radical (unpaired) electrons. The molecule has 0 aromatic heterocycles. The first kappa shape index (κ1) is 12.8. The molecule has 108 valence electrons. The Morgan fingerprint density at radius 1 is 1.00 bits per heavy atom. The zero-order valence-corrected chi connectivity index (χ0v) is 12.3. The highest BCUT2D eigenvalue weighted by Crippen LogP contribution is 2.31. The Hall–Kier alpha value is -2.88. The highest BCUT2D eigenvalue weighted by molar-refractivity contribution is 5.96. The number of nitrogens with zero attached hydrogens (tertiary/aromatic N) is 2. The lowest BCUT2D eigenvalue weighted by atomic mass is 10.0. The molecule has 0 saturated carbocycles. The Balaban J connectivity index is 2.13. The molecule has 1 aliphatic carbocycles. The summed E-state index contributed by atoms with van der Waals surface area (Å²) in [6.45, 7) is 0. The van der Waals surface area contributed by atoms with Crippen molar-refractivity contribution < 1.29 is 4.42 Å². The summed E-state index contributed by atoms with van der Waals surface area (Å²) < 4.78 is 5.94. The van der Waals surface area contributed by atoms with E-state index in [1.165, 1.54) is 6.07 Å². The van der Waals surface area contributed by atoms with E-state index in [9.17, 15) is 4.79 Å². The molecule has 0 saturated heterocycles. The average Bonchev–Trinajstić information content (AvgIpc) is 2.53. The minimum Gasteiger partial charge on any atom is -0.453 e. The van der Waals surface area contributed by atoms with E-state index in [2.05, 4.69) is 0 Å². The molecule has 0 spiro atoms. The quantitative estimate of drug-likeness (QED) is 0.397. The van der Waals surface area contributed by atoms with E-state index in [1.54, 1.807) is 0 Å². The molecule has 22 heavy (non-hydrogen) atoms. The summed E-state index contributed by atoms with van der Waals surface area (Å²) in [7, 11) is 3.94. The highest BCUT2D eigenvalue weighted by atomic mass is 16.3. The molecule has 2 aliphatic rings. The van der Waals surface area contributed by atoms with Crippen LogP contribution >= 0.6 is 0 Å². The number of aromatic nitrogens is 1. The first-order valence-electron chi connectivity index (χ1n) is 7.07. The molecule has 0 amide bonds. The van der Waals surface area contributed by atoms with Gasteiger partial charge >= 0.3 is 0 Å². The molecule has 1 heterocycles. The van der Waals surface area contributed by atoms with Crippen LogP contribution in [-0.4, -0.2) is 19.1 Å². The third-order valence-electron chi connectivity index (χ3n) is 3.86. The number of hydrogen-bond donors (Lipinski definition) is 0. The van der Waals surface area contributed by atoms with Crippen LogP contribution < -0.4 is 10.3 Å². The Bertz CT molecular complexity index is 1030. The zero-order chi connectivity index (χ0) is 15.3. The van der Waals surface area contributed by atoms with E-state index >= 15 is 0 Å². The highest BCUT2D eigenvalue weighted by Gasteiger charge is 2.15. The number of anilines is 1. The van der Waals surface area contributed by atoms with E-state index in [1.807, 2.05) is 61.5 Å². The van der Waals surface area contributed by atoms with E-state index in [0.29, 0.717) is 16.7 Å². The van der Waals surface area contributed by atoms with Crippen LogP contribution in [0.4, 0.5) is 5.69 Å². The standard InChI is InChI=1S/C18H14N2O2/c1-20(2)11-7-8-14-16(9-11)22-17-10-15(21)12-5-3-4-6-13(12)18(17)19-14/h3-10H,1-2H3. The summed E-state index contributed by atoms with van der Waals surface area (Å²) >= 11 is 0. The second-order valence-electron chi connectivity index (χ2n) is 5.53. The fourth-order valence-electron chi connectivity index (χ4n) is 2.69. The van der Waals surface area contributed by atoms with Gasteiger partial charge in [0.2, 0.25) is 0 Å². The van der Waals surface area contributed by atoms with Crippen LogP contribution in [0.5, 0.6) is 0 Å². The molecule has 4 heteroatoms. The molecule has 0 unspecified atom stereocenters. The van der Waals surface area contributed by atoms with Crippen molar-refractivity contribution in [1.82, 2.24) is 4.98 Å². The third-order valence-corrected chi connectivity index (χ3v) is 3.86. The molecule has 0 N–H and O–H groups in total. The molecule has 0 fully saturated rings. The van der Waals surface area contributed by atoms with Crippen molar-refractivity contribution in [3.05, 3.63) is 58.8 Å². The topological polar surface area (TPSA) is 46.3 Å². The Kier molecular flexibility index (Phi) is 2.66. The average molecular weight is 290 g/mol. The molecule has 4 rings (SSSR count). The van der Waals surface area contributed by atoms with Gasteiger partial charge in [-0.2, -0.15) is 0 Å². The summed E-state index contributed by atoms with van der Waals surface area (Å²) in [6, 6.07) is 14.9. The van der Waals surface area contributed by atoms with Crippen molar-refractivity contribution in [2.45, 2.75) is 0 Å². The van der Waals surface area contributed by atoms with Gasteiger partial charge in [-0.3, -0.25) is 4.79 Å². The van der Waals surface area contributed by atoms with Gasteiger partial charge in [-0.05, 0) is 12.1 Å². The number of hydrogen-bond acceptors (Lipinski definition) is 4. The summed E-state index contributed by atoms with van der Waals surface area (Å²) in [6.07, 6.45) is 0. The predicted octanol–water partition coefficient (Wildman–Crippen LogP) is 3.51. The maximum atomic E-state index is 12.2. The van der Waals surface area contributed by atoms with E-state index in [-0.39, 0.29) is 5.43 Å². The van der Waals surface area contributed by atoms with Gasteiger partial charge in [-0.15, -0.1) is 0 Å². The minimum atomic E-state index is -0.0447. The maximum absolute atomic E-state index is 12.2. The molecule has 2 aromatic carbocycles. The van der Waals surface area contributed by atoms with Crippen molar-refractivity contribution >= 4 is 27.6 Å². The molecular formula is C18H14N2O2. The molecular weight excluding hydrogens is 276 g/mol. The van der Waals surface area contributed by atoms with Crippen LogP contribution in [0.2, 0.25) is 0 Å². The molecule has 4 nitrogen and oxygen atoms in total. The van der Waals surface area contributed by atoms with E-state index < -0.39 is 0 Å². The smallest absolute Gasteiger partial charge is 0.190 e. The second kappa shape index (κ2) is 4.56. The number of rotatable bonds is 1. The summed E-state index contributed by atoms with van der Waals surface area (Å²) in [5.41, 5.74) is 3.16. The largest absolute Gasteiger partial charge is 0.453 e. The van der Waals surface area contributed by atoms with Gasteiger partial charge in [-0.25, -0.2) is 4.98 Å². The number of fused-ring (bicyclic) bond motifs is 4. The Morgan fingerprint density at radius 3 is 2.55 bits per heavy atom. The van der Waals surface area contributed by atoms with E-state index in [4.69, 9.17) is 9.40 Å². The second-order valence-corrected chi connectivity index (χ2v) is 5.53. The normalized spacial score (nSPS) is 11.4. The lowest BCUT2D eigenvalue weighted by Crippen LogP contribution is -2.08. The fraction of sp³-hybridized carbons (Fsp3) is 0.111. The van der Waals surface area contributed by atoms with Crippen molar-refractivity contribution in [2.24, 2.45) is 0 Å². The summed E-state index contributed by atoms with van der Waals surface area (Å²) in [4.78, 5) is 18.9. The maximum Gasteiger partial charge on any atom is 0.190 e. The predicted molar refractivity (Wildman–Crippen MR) is 88.7 cm³/mol. The van der Waals surface area contributed by atoms with E-state index in [0.717, 1.165) is 22.3 Å². The lowest BCUT2D eigenvalue weighted by Gasteiger charge is -2.14. The zero-order valence-electron chi connectivity index (χ0n) is 12.3. The van der Waals surface area contributed by atoms with Crippen molar-refractivity contribution in [1.29, 1.82) is 0 Å². The molecule has 2 aromatic rings. The molecule has 0 atom stereocenters.